The minimum Gasteiger partial charge on any atom is -0.493 e. The number of hydrogen-bond acceptors (Lipinski definition) is 5. The summed E-state index contributed by atoms with van der Waals surface area (Å²) in [6, 6.07) is 6.53. The summed E-state index contributed by atoms with van der Waals surface area (Å²) in [5.41, 5.74) is 2.92. The SMILES string of the molecule is COC(=O)c1ccc(Cl)c(NC(=O)c2c3c(cc4c2OCC4)OCC3)c1. The van der Waals surface area contributed by atoms with Gasteiger partial charge >= 0.3 is 5.97 Å². The first kappa shape index (κ1) is 16.7. The third-order valence-corrected chi connectivity index (χ3v) is 4.84. The zero-order valence-corrected chi connectivity index (χ0v) is 14.8. The second-order valence-corrected chi connectivity index (χ2v) is 6.46. The standard InChI is InChI=1S/C19H16ClNO5/c1-24-19(23)11-2-3-13(20)14(8-11)21-18(22)16-12-5-7-25-15(12)9-10-4-6-26-17(10)16/h2-3,8-9H,4-7H2,1H3,(H,21,22). The Kier molecular flexibility index (Phi) is 4.20. The molecule has 4 rings (SSSR count). The van der Waals surface area contributed by atoms with Gasteiger partial charge in [-0.25, -0.2) is 4.79 Å². The number of benzene rings is 2. The van der Waals surface area contributed by atoms with Gasteiger partial charge in [-0.1, -0.05) is 11.6 Å². The molecule has 2 aromatic carbocycles. The molecule has 0 saturated carbocycles. The van der Waals surface area contributed by atoms with E-state index in [0.29, 0.717) is 47.2 Å². The Hall–Kier alpha value is -2.73. The van der Waals surface area contributed by atoms with Gasteiger partial charge in [-0.15, -0.1) is 0 Å². The topological polar surface area (TPSA) is 73.9 Å². The molecular weight excluding hydrogens is 358 g/mol. The van der Waals surface area contributed by atoms with Crippen LogP contribution in [0.2, 0.25) is 5.02 Å². The fraction of sp³-hybridized carbons (Fsp3) is 0.263. The number of ether oxygens (including phenoxy) is 3. The van der Waals surface area contributed by atoms with Crippen LogP contribution in [-0.2, 0) is 17.6 Å². The predicted octanol–water partition coefficient (Wildman–Crippen LogP) is 3.25. The van der Waals surface area contributed by atoms with Crippen molar-refractivity contribution >= 4 is 29.2 Å². The van der Waals surface area contributed by atoms with Crippen LogP contribution < -0.4 is 14.8 Å². The fourth-order valence-electron chi connectivity index (χ4n) is 3.28. The van der Waals surface area contributed by atoms with Crippen LogP contribution in [0.3, 0.4) is 0 Å². The van der Waals surface area contributed by atoms with Crippen LogP contribution >= 0.6 is 11.6 Å². The van der Waals surface area contributed by atoms with Crippen molar-refractivity contribution in [3.8, 4) is 11.5 Å². The maximum absolute atomic E-state index is 13.0. The lowest BCUT2D eigenvalue weighted by Gasteiger charge is -2.14. The Balaban J connectivity index is 1.71. The first-order chi connectivity index (χ1) is 12.6. The summed E-state index contributed by atoms with van der Waals surface area (Å²) in [6.07, 6.45) is 1.38. The van der Waals surface area contributed by atoms with E-state index in [1.807, 2.05) is 6.07 Å². The van der Waals surface area contributed by atoms with E-state index < -0.39 is 5.97 Å². The van der Waals surface area contributed by atoms with E-state index in [-0.39, 0.29) is 5.91 Å². The van der Waals surface area contributed by atoms with Crippen molar-refractivity contribution in [2.45, 2.75) is 12.8 Å². The van der Waals surface area contributed by atoms with Gasteiger partial charge in [0, 0.05) is 24.0 Å². The van der Waals surface area contributed by atoms with Crippen molar-refractivity contribution in [1.29, 1.82) is 0 Å². The molecule has 1 amide bonds. The highest BCUT2D eigenvalue weighted by Crippen LogP contribution is 2.41. The normalized spacial score (nSPS) is 14.1. The Morgan fingerprint density at radius 1 is 1.15 bits per heavy atom. The molecule has 7 heteroatoms. The second-order valence-electron chi connectivity index (χ2n) is 6.05. The molecule has 0 spiro atoms. The van der Waals surface area contributed by atoms with Crippen LogP contribution in [0.4, 0.5) is 5.69 Å². The number of halogens is 1. The molecular formula is C19H16ClNO5. The number of amides is 1. The molecule has 0 unspecified atom stereocenters. The van der Waals surface area contributed by atoms with Gasteiger partial charge in [0.1, 0.15) is 11.5 Å². The van der Waals surface area contributed by atoms with Crippen LogP contribution in [0.1, 0.15) is 31.8 Å². The smallest absolute Gasteiger partial charge is 0.337 e. The Bertz CT molecular complexity index is 892. The molecule has 0 radical (unpaired) electrons. The summed E-state index contributed by atoms with van der Waals surface area (Å²) >= 11 is 6.19. The maximum atomic E-state index is 13.0. The van der Waals surface area contributed by atoms with Crippen molar-refractivity contribution in [3.05, 3.63) is 51.5 Å². The molecule has 1 N–H and O–H groups in total. The number of carbonyl (C=O) groups excluding carboxylic acids is 2. The quantitative estimate of drug-likeness (QED) is 0.836. The molecule has 0 saturated heterocycles. The van der Waals surface area contributed by atoms with Crippen LogP contribution in [0.25, 0.3) is 0 Å². The van der Waals surface area contributed by atoms with Crippen LogP contribution in [0, 0.1) is 0 Å². The van der Waals surface area contributed by atoms with E-state index in [0.717, 1.165) is 23.3 Å². The monoisotopic (exact) mass is 373 g/mol. The van der Waals surface area contributed by atoms with Crippen LogP contribution in [0.15, 0.2) is 24.3 Å². The van der Waals surface area contributed by atoms with E-state index in [2.05, 4.69) is 5.32 Å². The van der Waals surface area contributed by atoms with E-state index >= 15 is 0 Å². The molecule has 0 bridgehead atoms. The Morgan fingerprint density at radius 3 is 2.77 bits per heavy atom. The molecule has 0 aromatic heterocycles. The van der Waals surface area contributed by atoms with Gasteiger partial charge in [0.15, 0.2) is 0 Å². The number of hydrogen-bond donors (Lipinski definition) is 1. The van der Waals surface area contributed by atoms with E-state index in [9.17, 15) is 9.59 Å². The number of anilines is 1. The number of rotatable bonds is 3. The lowest BCUT2D eigenvalue weighted by Crippen LogP contribution is -2.16. The Morgan fingerprint density at radius 2 is 1.96 bits per heavy atom. The van der Waals surface area contributed by atoms with Gasteiger partial charge in [-0.3, -0.25) is 4.79 Å². The van der Waals surface area contributed by atoms with Crippen molar-refractivity contribution in [2.24, 2.45) is 0 Å². The van der Waals surface area contributed by atoms with Gasteiger partial charge < -0.3 is 19.5 Å². The molecule has 2 heterocycles. The number of methoxy groups -OCH3 is 1. The zero-order chi connectivity index (χ0) is 18.3. The highest BCUT2D eigenvalue weighted by molar-refractivity contribution is 6.34. The van der Waals surface area contributed by atoms with Crippen molar-refractivity contribution < 1.29 is 23.8 Å². The maximum Gasteiger partial charge on any atom is 0.337 e. The Labute approximate surface area is 155 Å². The van der Waals surface area contributed by atoms with Gasteiger partial charge in [-0.2, -0.15) is 0 Å². The third-order valence-electron chi connectivity index (χ3n) is 4.51. The molecule has 2 aliphatic heterocycles. The number of esters is 1. The molecule has 0 fully saturated rings. The van der Waals surface area contributed by atoms with Crippen molar-refractivity contribution in [2.75, 3.05) is 25.6 Å². The summed E-state index contributed by atoms with van der Waals surface area (Å²) in [5.74, 6) is 0.491. The summed E-state index contributed by atoms with van der Waals surface area (Å²) in [7, 11) is 1.29. The second kappa shape index (κ2) is 6.53. The number of nitrogens with one attached hydrogen (secondary N) is 1. The molecule has 2 aromatic rings. The van der Waals surface area contributed by atoms with Crippen molar-refractivity contribution in [3.63, 3.8) is 0 Å². The number of fused-ring (bicyclic) bond motifs is 2. The summed E-state index contributed by atoms with van der Waals surface area (Å²) in [4.78, 5) is 24.7. The van der Waals surface area contributed by atoms with E-state index in [1.54, 1.807) is 12.1 Å². The highest BCUT2D eigenvalue weighted by Gasteiger charge is 2.30. The average molecular weight is 374 g/mol. The van der Waals surface area contributed by atoms with Crippen molar-refractivity contribution in [1.82, 2.24) is 0 Å². The van der Waals surface area contributed by atoms with Gasteiger partial charge in [-0.05, 0) is 24.3 Å². The van der Waals surface area contributed by atoms with Gasteiger partial charge in [0.2, 0.25) is 0 Å². The fourth-order valence-corrected chi connectivity index (χ4v) is 3.44. The summed E-state index contributed by atoms with van der Waals surface area (Å²) < 4.78 is 16.0. The third kappa shape index (κ3) is 2.76. The lowest BCUT2D eigenvalue weighted by molar-refractivity contribution is 0.0600. The lowest BCUT2D eigenvalue weighted by atomic mass is 9.99. The molecule has 26 heavy (non-hydrogen) atoms. The molecule has 134 valence electrons. The van der Waals surface area contributed by atoms with Crippen LogP contribution in [-0.4, -0.2) is 32.2 Å². The molecule has 2 aliphatic rings. The minimum atomic E-state index is -0.504. The largest absolute Gasteiger partial charge is 0.493 e. The van der Waals surface area contributed by atoms with E-state index in [4.69, 9.17) is 25.8 Å². The molecule has 0 atom stereocenters. The van der Waals surface area contributed by atoms with Gasteiger partial charge in [0.25, 0.3) is 5.91 Å². The first-order valence-electron chi connectivity index (χ1n) is 8.22. The minimum absolute atomic E-state index is 0.301. The van der Waals surface area contributed by atoms with E-state index in [1.165, 1.54) is 13.2 Å². The van der Waals surface area contributed by atoms with Crippen LogP contribution in [0.5, 0.6) is 11.5 Å². The van der Waals surface area contributed by atoms with Gasteiger partial charge in [0.05, 0.1) is 42.2 Å². The summed E-state index contributed by atoms with van der Waals surface area (Å²) in [6.45, 7) is 1.08. The first-order valence-corrected chi connectivity index (χ1v) is 8.60. The number of carbonyl (C=O) groups is 2. The molecule has 6 nitrogen and oxygen atoms in total. The average Bonchev–Trinajstić information content (AvgIpc) is 3.29. The zero-order valence-electron chi connectivity index (χ0n) is 14.1. The highest BCUT2D eigenvalue weighted by atomic mass is 35.5. The molecule has 0 aliphatic carbocycles. The summed E-state index contributed by atoms with van der Waals surface area (Å²) in [5, 5.41) is 3.12. The predicted molar refractivity (Wildman–Crippen MR) is 95.6 cm³/mol.